The van der Waals surface area contributed by atoms with Crippen LogP contribution >= 0.6 is 0 Å². The van der Waals surface area contributed by atoms with Gasteiger partial charge >= 0.3 is 5.97 Å². The van der Waals surface area contributed by atoms with Gasteiger partial charge in [0.15, 0.2) is 6.10 Å². The number of aryl methyl sites for hydroxylation is 2. The summed E-state index contributed by atoms with van der Waals surface area (Å²) in [6.45, 7) is 6.90. The number of para-hydroxylation sites is 1. The second-order valence-electron chi connectivity index (χ2n) is 8.07. The monoisotopic (exact) mass is 459 g/mol. The number of ether oxygens (including phenoxy) is 1. The molecule has 4 aromatic rings. The number of nitrogens with one attached hydrogen (secondary N) is 1. The lowest BCUT2D eigenvalue weighted by Crippen LogP contribution is -2.32. The highest BCUT2D eigenvalue weighted by Crippen LogP contribution is 2.17. The van der Waals surface area contributed by atoms with E-state index in [9.17, 15) is 14.4 Å². The molecule has 174 valence electrons. The highest BCUT2D eigenvalue weighted by molar-refractivity contribution is 5.98. The Labute approximate surface area is 196 Å². The van der Waals surface area contributed by atoms with Crippen LogP contribution in [0.3, 0.4) is 0 Å². The number of hydrogen-bond acceptors (Lipinski definition) is 6. The van der Waals surface area contributed by atoms with Crippen molar-refractivity contribution in [2.45, 2.75) is 33.8 Å². The van der Waals surface area contributed by atoms with Gasteiger partial charge in [0.25, 0.3) is 11.5 Å². The van der Waals surface area contributed by atoms with Gasteiger partial charge in [0, 0.05) is 7.05 Å². The lowest BCUT2D eigenvalue weighted by atomic mass is 10.2. The fourth-order valence-electron chi connectivity index (χ4n) is 3.58. The van der Waals surface area contributed by atoms with Crippen molar-refractivity contribution < 1.29 is 14.3 Å². The summed E-state index contributed by atoms with van der Waals surface area (Å²) in [5.74, 6) is -1.28. The van der Waals surface area contributed by atoms with Gasteiger partial charge in [-0.1, -0.05) is 18.2 Å². The lowest BCUT2D eigenvalue weighted by Gasteiger charge is -2.13. The third kappa shape index (κ3) is 4.19. The maximum atomic E-state index is 13.0. The summed E-state index contributed by atoms with van der Waals surface area (Å²) in [5.41, 5.74) is 4.06. The Morgan fingerprint density at radius 3 is 2.29 bits per heavy atom. The van der Waals surface area contributed by atoms with E-state index in [4.69, 9.17) is 4.74 Å². The van der Waals surface area contributed by atoms with Crippen molar-refractivity contribution in [2.24, 2.45) is 7.05 Å². The zero-order valence-corrected chi connectivity index (χ0v) is 19.6. The van der Waals surface area contributed by atoms with Crippen molar-refractivity contribution in [1.82, 2.24) is 19.3 Å². The molecular formula is C25H25N5O4. The minimum absolute atomic E-state index is 0.131. The third-order valence-electron chi connectivity index (χ3n) is 5.77. The maximum absolute atomic E-state index is 13.0. The van der Waals surface area contributed by atoms with E-state index in [1.54, 1.807) is 49.0 Å². The molecule has 1 unspecified atom stereocenters. The standard InChI is InChI=1S/C25H25N5O4/c1-14-15(2)27-21-13-18(11-12-20(21)26-14)25(33)34-17(4)23(31)28-22-16(3)29(5)30(24(22)32)19-9-7-6-8-10-19/h6-13,17H,1-5H3,(H,28,31). The van der Waals surface area contributed by atoms with Gasteiger partial charge < -0.3 is 10.1 Å². The van der Waals surface area contributed by atoms with Crippen molar-refractivity contribution >= 4 is 28.6 Å². The minimum atomic E-state index is -1.13. The molecule has 0 spiro atoms. The van der Waals surface area contributed by atoms with Crippen molar-refractivity contribution in [3.8, 4) is 5.69 Å². The Morgan fingerprint density at radius 2 is 1.62 bits per heavy atom. The second kappa shape index (κ2) is 8.93. The van der Waals surface area contributed by atoms with Crippen LogP contribution in [-0.2, 0) is 16.6 Å². The first-order chi connectivity index (χ1) is 16.2. The van der Waals surface area contributed by atoms with Crippen LogP contribution in [0.15, 0.2) is 53.3 Å². The number of esters is 1. The van der Waals surface area contributed by atoms with E-state index in [1.807, 2.05) is 32.0 Å². The molecular weight excluding hydrogens is 434 g/mol. The number of anilines is 1. The summed E-state index contributed by atoms with van der Waals surface area (Å²) < 4.78 is 8.48. The van der Waals surface area contributed by atoms with E-state index in [0.717, 1.165) is 11.4 Å². The van der Waals surface area contributed by atoms with Gasteiger partial charge in [-0.05, 0) is 58.0 Å². The largest absolute Gasteiger partial charge is 0.449 e. The van der Waals surface area contributed by atoms with Gasteiger partial charge in [-0.3, -0.25) is 14.3 Å². The normalized spacial score (nSPS) is 11.9. The number of hydrogen-bond donors (Lipinski definition) is 1. The Bertz CT molecular complexity index is 1470. The van der Waals surface area contributed by atoms with Gasteiger partial charge in [0.05, 0.1) is 39.4 Å². The van der Waals surface area contributed by atoms with Gasteiger partial charge in [-0.25, -0.2) is 19.4 Å². The lowest BCUT2D eigenvalue weighted by molar-refractivity contribution is -0.123. The molecule has 1 atom stereocenters. The van der Waals surface area contributed by atoms with Crippen molar-refractivity contribution in [2.75, 3.05) is 5.32 Å². The van der Waals surface area contributed by atoms with Crippen LogP contribution in [0.25, 0.3) is 16.7 Å². The molecule has 0 radical (unpaired) electrons. The average Bonchev–Trinajstić information content (AvgIpc) is 3.03. The summed E-state index contributed by atoms with van der Waals surface area (Å²) >= 11 is 0. The Morgan fingerprint density at radius 1 is 0.971 bits per heavy atom. The quantitative estimate of drug-likeness (QED) is 0.459. The summed E-state index contributed by atoms with van der Waals surface area (Å²) in [4.78, 5) is 47.3. The van der Waals surface area contributed by atoms with E-state index in [-0.39, 0.29) is 16.8 Å². The Balaban J connectivity index is 1.52. The van der Waals surface area contributed by atoms with Crippen molar-refractivity contribution in [3.05, 3.63) is 81.5 Å². The van der Waals surface area contributed by atoms with Crippen molar-refractivity contribution in [1.29, 1.82) is 0 Å². The Hall–Kier alpha value is -4.27. The molecule has 0 aliphatic carbocycles. The molecule has 0 aliphatic rings. The second-order valence-corrected chi connectivity index (χ2v) is 8.07. The fourth-order valence-corrected chi connectivity index (χ4v) is 3.58. The van der Waals surface area contributed by atoms with Crippen molar-refractivity contribution in [3.63, 3.8) is 0 Å². The van der Waals surface area contributed by atoms with E-state index < -0.39 is 18.0 Å². The summed E-state index contributed by atoms with van der Waals surface area (Å²) in [7, 11) is 1.73. The predicted octanol–water partition coefficient (Wildman–Crippen LogP) is 3.23. The molecule has 1 N–H and O–H groups in total. The number of amides is 1. The molecule has 1 amide bonds. The van der Waals surface area contributed by atoms with E-state index in [1.165, 1.54) is 11.6 Å². The zero-order valence-electron chi connectivity index (χ0n) is 19.6. The summed E-state index contributed by atoms with van der Waals surface area (Å²) in [6.07, 6.45) is -1.13. The predicted molar refractivity (Wildman–Crippen MR) is 128 cm³/mol. The molecule has 4 rings (SSSR count). The molecule has 2 aromatic carbocycles. The summed E-state index contributed by atoms with van der Waals surface area (Å²) in [5, 5.41) is 2.62. The number of aromatic nitrogens is 4. The first kappa shape index (κ1) is 22.9. The molecule has 0 aliphatic heterocycles. The number of carbonyl (C=O) groups is 2. The van der Waals surface area contributed by atoms with E-state index >= 15 is 0 Å². The molecule has 34 heavy (non-hydrogen) atoms. The van der Waals surface area contributed by atoms with Crippen LogP contribution in [0.4, 0.5) is 5.69 Å². The number of nitrogens with zero attached hydrogens (tertiary/aromatic N) is 4. The molecule has 9 heteroatoms. The average molecular weight is 460 g/mol. The number of carbonyl (C=O) groups excluding carboxylic acids is 2. The third-order valence-corrected chi connectivity index (χ3v) is 5.77. The topological polar surface area (TPSA) is 108 Å². The molecule has 2 heterocycles. The number of rotatable bonds is 5. The van der Waals surface area contributed by atoms with Crippen LogP contribution in [0.2, 0.25) is 0 Å². The molecule has 2 aromatic heterocycles. The number of fused-ring (bicyclic) bond motifs is 1. The highest BCUT2D eigenvalue weighted by Gasteiger charge is 2.24. The zero-order chi connectivity index (χ0) is 24.6. The van der Waals surface area contributed by atoms with Crippen LogP contribution in [-0.4, -0.2) is 37.3 Å². The van der Waals surface area contributed by atoms with Gasteiger partial charge in [0.2, 0.25) is 0 Å². The molecule has 9 nitrogen and oxygen atoms in total. The van der Waals surface area contributed by atoms with Gasteiger partial charge in [-0.15, -0.1) is 0 Å². The fraction of sp³-hybridized carbons (Fsp3) is 0.240. The van der Waals surface area contributed by atoms with Crippen LogP contribution in [0.5, 0.6) is 0 Å². The summed E-state index contributed by atoms with van der Waals surface area (Å²) in [6, 6.07) is 14.0. The van der Waals surface area contributed by atoms with E-state index in [2.05, 4.69) is 15.3 Å². The van der Waals surface area contributed by atoms with E-state index in [0.29, 0.717) is 22.4 Å². The minimum Gasteiger partial charge on any atom is -0.449 e. The number of benzene rings is 2. The molecule has 0 saturated carbocycles. The maximum Gasteiger partial charge on any atom is 0.338 e. The highest BCUT2D eigenvalue weighted by atomic mass is 16.5. The van der Waals surface area contributed by atoms with Crippen LogP contribution in [0.1, 0.15) is 34.4 Å². The molecule has 0 saturated heterocycles. The first-order valence-corrected chi connectivity index (χ1v) is 10.8. The van der Waals surface area contributed by atoms with Crippen LogP contribution in [0, 0.1) is 20.8 Å². The van der Waals surface area contributed by atoms with Gasteiger partial charge in [-0.2, -0.15) is 0 Å². The van der Waals surface area contributed by atoms with Crippen LogP contribution < -0.4 is 10.9 Å². The first-order valence-electron chi connectivity index (χ1n) is 10.8. The molecule has 0 fully saturated rings. The van der Waals surface area contributed by atoms with Gasteiger partial charge in [0.1, 0.15) is 5.69 Å². The SMILES string of the molecule is Cc1nc2ccc(C(=O)OC(C)C(=O)Nc3c(C)n(C)n(-c4ccccc4)c3=O)cc2nc1C. The molecule has 0 bridgehead atoms. The smallest absolute Gasteiger partial charge is 0.338 e. The Kier molecular flexibility index (Phi) is 6.02.